The standard InChI is InChI=1S/C18H24ClNO3/c19-16-6-5-13(18(22)23)9-14(16)10-20-8-7-17(21)15(11-20)12-3-1-2-4-12/h5-6,9,12,15,17,21H,1-4,7-8,10-11H2,(H,22,23)/t15-,17+/m0/s1. The molecule has 1 saturated carbocycles. The molecule has 2 aliphatic rings. The fourth-order valence-electron chi connectivity index (χ4n) is 4.10. The van der Waals surface area contributed by atoms with Crippen molar-refractivity contribution in [1.29, 1.82) is 0 Å². The number of hydrogen-bond acceptors (Lipinski definition) is 3. The van der Waals surface area contributed by atoms with Gasteiger partial charge in [0.2, 0.25) is 0 Å². The van der Waals surface area contributed by atoms with Crippen LogP contribution in [0.2, 0.25) is 5.02 Å². The molecule has 0 radical (unpaired) electrons. The van der Waals surface area contributed by atoms with Crippen LogP contribution in [0.1, 0.15) is 48.0 Å². The van der Waals surface area contributed by atoms with Crippen LogP contribution >= 0.6 is 11.6 Å². The topological polar surface area (TPSA) is 60.8 Å². The minimum absolute atomic E-state index is 0.199. The SMILES string of the molecule is O=C(O)c1ccc(Cl)c(CN2CC[C@@H](O)[C@H](C3CCCC3)C2)c1. The molecule has 1 aliphatic heterocycles. The molecule has 2 N–H and O–H groups in total. The van der Waals surface area contributed by atoms with Crippen molar-refractivity contribution in [3.8, 4) is 0 Å². The van der Waals surface area contributed by atoms with E-state index in [0.29, 0.717) is 23.4 Å². The van der Waals surface area contributed by atoms with Crippen molar-refractivity contribution < 1.29 is 15.0 Å². The molecule has 0 aromatic heterocycles. The normalized spacial score (nSPS) is 26.5. The highest BCUT2D eigenvalue weighted by Gasteiger charge is 2.35. The lowest BCUT2D eigenvalue weighted by atomic mass is 9.82. The molecule has 2 atom stereocenters. The van der Waals surface area contributed by atoms with E-state index in [0.717, 1.165) is 25.1 Å². The number of rotatable bonds is 4. The van der Waals surface area contributed by atoms with Gasteiger partial charge in [-0.2, -0.15) is 0 Å². The second-order valence-corrected chi connectivity index (χ2v) is 7.32. The van der Waals surface area contributed by atoms with Crippen LogP contribution in [0.3, 0.4) is 0 Å². The Labute approximate surface area is 142 Å². The lowest BCUT2D eigenvalue weighted by Gasteiger charge is -2.39. The number of likely N-dealkylation sites (tertiary alicyclic amines) is 1. The number of aliphatic hydroxyl groups excluding tert-OH is 1. The molecule has 1 aromatic carbocycles. The van der Waals surface area contributed by atoms with E-state index in [4.69, 9.17) is 16.7 Å². The van der Waals surface area contributed by atoms with Gasteiger partial charge in [0, 0.05) is 30.6 Å². The summed E-state index contributed by atoms with van der Waals surface area (Å²) >= 11 is 6.24. The lowest BCUT2D eigenvalue weighted by molar-refractivity contribution is -0.00270. The number of hydrogen-bond donors (Lipinski definition) is 2. The van der Waals surface area contributed by atoms with E-state index in [-0.39, 0.29) is 11.7 Å². The van der Waals surface area contributed by atoms with Crippen molar-refractivity contribution in [2.75, 3.05) is 13.1 Å². The highest BCUT2D eigenvalue weighted by molar-refractivity contribution is 6.31. The number of carbonyl (C=O) groups is 1. The Morgan fingerprint density at radius 1 is 1.26 bits per heavy atom. The van der Waals surface area contributed by atoms with Crippen molar-refractivity contribution in [3.63, 3.8) is 0 Å². The molecular weight excluding hydrogens is 314 g/mol. The van der Waals surface area contributed by atoms with E-state index in [1.54, 1.807) is 12.1 Å². The van der Waals surface area contributed by atoms with Gasteiger partial charge in [0.1, 0.15) is 0 Å². The molecule has 1 saturated heterocycles. The summed E-state index contributed by atoms with van der Waals surface area (Å²) in [6.07, 6.45) is 5.60. The van der Waals surface area contributed by atoms with Crippen LogP contribution in [0, 0.1) is 11.8 Å². The van der Waals surface area contributed by atoms with Gasteiger partial charge < -0.3 is 10.2 Å². The Bertz CT molecular complexity index is 571. The number of carboxylic acids is 1. The molecule has 0 unspecified atom stereocenters. The number of benzene rings is 1. The minimum Gasteiger partial charge on any atom is -0.478 e. The predicted octanol–water partition coefficient (Wildman–Crippen LogP) is 3.41. The molecule has 5 heteroatoms. The summed E-state index contributed by atoms with van der Waals surface area (Å²) in [6, 6.07) is 4.86. The van der Waals surface area contributed by atoms with Gasteiger partial charge >= 0.3 is 5.97 Å². The second kappa shape index (κ2) is 7.20. The summed E-state index contributed by atoms with van der Waals surface area (Å²) in [4.78, 5) is 13.4. The van der Waals surface area contributed by atoms with Crippen molar-refractivity contribution in [2.24, 2.45) is 11.8 Å². The molecule has 23 heavy (non-hydrogen) atoms. The zero-order chi connectivity index (χ0) is 16.4. The van der Waals surface area contributed by atoms with Gasteiger partial charge in [0.05, 0.1) is 11.7 Å². The summed E-state index contributed by atoms with van der Waals surface area (Å²) in [6.45, 7) is 2.35. The van der Waals surface area contributed by atoms with E-state index in [2.05, 4.69) is 4.90 Å². The van der Waals surface area contributed by atoms with Gasteiger partial charge in [-0.1, -0.05) is 37.3 Å². The highest BCUT2D eigenvalue weighted by Crippen LogP contribution is 2.36. The highest BCUT2D eigenvalue weighted by atomic mass is 35.5. The number of aromatic carboxylic acids is 1. The van der Waals surface area contributed by atoms with E-state index in [1.165, 1.54) is 31.7 Å². The van der Waals surface area contributed by atoms with Gasteiger partial charge in [0.25, 0.3) is 0 Å². The van der Waals surface area contributed by atoms with Crippen LogP contribution in [0.5, 0.6) is 0 Å². The first kappa shape index (κ1) is 16.7. The average Bonchev–Trinajstić information content (AvgIpc) is 3.05. The maximum atomic E-state index is 11.1. The summed E-state index contributed by atoms with van der Waals surface area (Å²) in [5, 5.41) is 20.1. The Balaban J connectivity index is 1.70. The van der Waals surface area contributed by atoms with Gasteiger partial charge in [-0.15, -0.1) is 0 Å². The molecule has 2 fully saturated rings. The van der Waals surface area contributed by atoms with Crippen molar-refractivity contribution in [2.45, 2.75) is 44.8 Å². The first-order valence-corrected chi connectivity index (χ1v) is 8.84. The molecular formula is C18H24ClNO3. The number of aliphatic hydroxyl groups is 1. The number of halogens is 1. The van der Waals surface area contributed by atoms with Crippen LogP contribution in [-0.2, 0) is 6.54 Å². The molecule has 3 rings (SSSR count). The first-order chi connectivity index (χ1) is 11.0. The number of carboxylic acid groups (broad SMARTS) is 1. The third kappa shape index (κ3) is 3.87. The Morgan fingerprint density at radius 3 is 2.70 bits per heavy atom. The Morgan fingerprint density at radius 2 is 2.00 bits per heavy atom. The van der Waals surface area contributed by atoms with Gasteiger partial charge in [0.15, 0.2) is 0 Å². The monoisotopic (exact) mass is 337 g/mol. The van der Waals surface area contributed by atoms with Crippen molar-refractivity contribution in [3.05, 3.63) is 34.3 Å². The zero-order valence-corrected chi connectivity index (χ0v) is 14.0. The fraction of sp³-hybridized carbons (Fsp3) is 0.611. The molecule has 1 aromatic rings. The minimum atomic E-state index is -0.930. The van der Waals surface area contributed by atoms with E-state index >= 15 is 0 Å². The van der Waals surface area contributed by atoms with Crippen molar-refractivity contribution >= 4 is 17.6 Å². The lowest BCUT2D eigenvalue weighted by Crippen LogP contribution is -2.45. The molecule has 0 bridgehead atoms. The third-order valence-corrected chi connectivity index (χ3v) is 5.77. The average molecular weight is 338 g/mol. The first-order valence-electron chi connectivity index (χ1n) is 8.46. The van der Waals surface area contributed by atoms with Crippen LogP contribution in [-0.4, -0.2) is 40.3 Å². The Kier molecular flexibility index (Phi) is 5.24. The van der Waals surface area contributed by atoms with Gasteiger partial charge in [-0.3, -0.25) is 4.90 Å². The van der Waals surface area contributed by atoms with Crippen LogP contribution in [0.4, 0.5) is 0 Å². The molecule has 126 valence electrons. The summed E-state index contributed by atoms with van der Waals surface area (Å²) in [7, 11) is 0. The van der Waals surface area contributed by atoms with E-state index < -0.39 is 5.97 Å². The van der Waals surface area contributed by atoms with Crippen LogP contribution in [0.15, 0.2) is 18.2 Å². The molecule has 4 nitrogen and oxygen atoms in total. The van der Waals surface area contributed by atoms with Crippen LogP contribution in [0.25, 0.3) is 0 Å². The zero-order valence-electron chi connectivity index (χ0n) is 13.2. The summed E-state index contributed by atoms with van der Waals surface area (Å²) < 4.78 is 0. The largest absolute Gasteiger partial charge is 0.478 e. The molecule has 1 heterocycles. The molecule has 0 spiro atoms. The predicted molar refractivity (Wildman–Crippen MR) is 89.8 cm³/mol. The van der Waals surface area contributed by atoms with Gasteiger partial charge in [-0.05, 0) is 36.1 Å². The Hall–Kier alpha value is -1.10. The van der Waals surface area contributed by atoms with E-state index in [9.17, 15) is 9.90 Å². The molecule has 0 amide bonds. The fourth-order valence-corrected chi connectivity index (χ4v) is 4.28. The third-order valence-electron chi connectivity index (χ3n) is 5.40. The van der Waals surface area contributed by atoms with Crippen molar-refractivity contribution in [1.82, 2.24) is 4.90 Å². The summed E-state index contributed by atoms with van der Waals surface area (Å²) in [5.74, 6) is 0.0436. The number of nitrogens with zero attached hydrogens (tertiary/aromatic N) is 1. The second-order valence-electron chi connectivity index (χ2n) is 6.91. The van der Waals surface area contributed by atoms with E-state index in [1.807, 2.05) is 0 Å². The number of piperidine rings is 1. The maximum absolute atomic E-state index is 11.1. The quantitative estimate of drug-likeness (QED) is 0.884. The van der Waals surface area contributed by atoms with Crippen LogP contribution < -0.4 is 0 Å². The summed E-state index contributed by atoms with van der Waals surface area (Å²) in [5.41, 5.74) is 1.13. The van der Waals surface area contributed by atoms with Gasteiger partial charge in [-0.25, -0.2) is 4.79 Å². The molecule has 1 aliphatic carbocycles. The maximum Gasteiger partial charge on any atom is 0.335 e. The smallest absolute Gasteiger partial charge is 0.335 e.